The van der Waals surface area contributed by atoms with Crippen LogP contribution in [0.2, 0.25) is 0 Å². The van der Waals surface area contributed by atoms with Crippen LogP contribution in [0.4, 0.5) is 26.7 Å². The summed E-state index contributed by atoms with van der Waals surface area (Å²) in [4.78, 5) is 32.3. The summed E-state index contributed by atoms with van der Waals surface area (Å²) in [7, 11) is 0. The first kappa shape index (κ1) is 16.6. The standard InChI is InChI=1S/C22H15N3O2S/c26-21-23(16-9-3-1-4-10-16)20-15-28-19-14-8-7-13-18(19)25(20)22(27)24(21)17-11-5-2-6-12-17/h1-15H. The molecule has 0 N–H and O–H groups in total. The molecule has 0 aromatic heterocycles. The number of anilines is 3. The number of hydrogen-bond donors (Lipinski definition) is 0. The second-order valence-electron chi connectivity index (χ2n) is 6.30. The van der Waals surface area contributed by atoms with E-state index in [2.05, 4.69) is 0 Å². The molecule has 28 heavy (non-hydrogen) atoms. The average Bonchev–Trinajstić information content (AvgIpc) is 2.75. The van der Waals surface area contributed by atoms with Gasteiger partial charge in [-0.3, -0.25) is 0 Å². The van der Waals surface area contributed by atoms with Crippen molar-refractivity contribution in [3.8, 4) is 0 Å². The summed E-state index contributed by atoms with van der Waals surface area (Å²) >= 11 is 1.51. The minimum atomic E-state index is -0.398. The first-order chi connectivity index (χ1) is 13.8. The molecular weight excluding hydrogens is 370 g/mol. The molecule has 0 spiro atoms. The first-order valence-corrected chi connectivity index (χ1v) is 9.68. The Bertz CT molecular complexity index is 1100. The molecule has 0 radical (unpaired) electrons. The summed E-state index contributed by atoms with van der Waals surface area (Å²) in [5.74, 6) is 0.539. The largest absolute Gasteiger partial charge is 0.343 e. The molecule has 1 saturated heterocycles. The highest BCUT2D eigenvalue weighted by Gasteiger charge is 2.45. The van der Waals surface area contributed by atoms with Crippen LogP contribution in [0, 0.1) is 0 Å². The van der Waals surface area contributed by atoms with Crippen molar-refractivity contribution < 1.29 is 9.59 Å². The minimum absolute atomic E-state index is 0.387. The maximum atomic E-state index is 13.5. The van der Waals surface area contributed by atoms with Gasteiger partial charge in [-0.15, -0.1) is 0 Å². The van der Waals surface area contributed by atoms with Gasteiger partial charge in [-0.25, -0.2) is 24.3 Å². The van der Waals surface area contributed by atoms with E-state index in [1.165, 1.54) is 16.7 Å². The lowest BCUT2D eigenvalue weighted by Crippen LogP contribution is -2.60. The average molecular weight is 385 g/mol. The van der Waals surface area contributed by atoms with E-state index in [-0.39, 0.29) is 6.03 Å². The topological polar surface area (TPSA) is 43.9 Å². The van der Waals surface area contributed by atoms with Crippen molar-refractivity contribution in [1.29, 1.82) is 0 Å². The van der Waals surface area contributed by atoms with Gasteiger partial charge in [0.25, 0.3) is 0 Å². The molecule has 5 nitrogen and oxygen atoms in total. The second kappa shape index (κ2) is 6.58. The molecule has 0 saturated carbocycles. The monoisotopic (exact) mass is 385 g/mol. The smallest absolute Gasteiger partial charge is 0.247 e. The number of urea groups is 2. The normalized spacial score (nSPS) is 15.9. The molecule has 4 amide bonds. The van der Waals surface area contributed by atoms with Gasteiger partial charge in [0, 0.05) is 10.3 Å². The van der Waals surface area contributed by atoms with Crippen LogP contribution in [-0.4, -0.2) is 12.1 Å². The summed E-state index contributed by atoms with van der Waals surface area (Å²) in [6.45, 7) is 0. The molecule has 2 heterocycles. The predicted molar refractivity (Wildman–Crippen MR) is 111 cm³/mol. The fraction of sp³-hybridized carbons (Fsp3) is 0. The van der Waals surface area contributed by atoms with E-state index in [1.807, 2.05) is 78.2 Å². The molecule has 0 atom stereocenters. The number of para-hydroxylation sites is 3. The van der Waals surface area contributed by atoms with Gasteiger partial charge in [-0.1, -0.05) is 60.3 Å². The minimum Gasteiger partial charge on any atom is -0.247 e. The number of fused-ring (bicyclic) bond motifs is 3. The van der Waals surface area contributed by atoms with Crippen LogP contribution in [0.5, 0.6) is 0 Å². The molecule has 2 aliphatic rings. The maximum absolute atomic E-state index is 13.5. The first-order valence-electron chi connectivity index (χ1n) is 8.80. The zero-order chi connectivity index (χ0) is 19.1. The third-order valence-corrected chi connectivity index (χ3v) is 5.58. The highest BCUT2D eigenvalue weighted by Crippen LogP contribution is 2.44. The van der Waals surface area contributed by atoms with Crippen LogP contribution in [0.1, 0.15) is 0 Å². The fourth-order valence-corrected chi connectivity index (χ4v) is 4.27. The van der Waals surface area contributed by atoms with Crippen molar-refractivity contribution in [1.82, 2.24) is 0 Å². The number of benzene rings is 3. The molecule has 0 aliphatic carbocycles. The Labute approximate surface area is 166 Å². The molecule has 1 fully saturated rings. The van der Waals surface area contributed by atoms with Crippen molar-refractivity contribution in [2.45, 2.75) is 4.90 Å². The van der Waals surface area contributed by atoms with Crippen LogP contribution >= 0.6 is 11.8 Å². The van der Waals surface area contributed by atoms with E-state index < -0.39 is 6.03 Å². The molecule has 3 aromatic rings. The number of carbonyl (C=O) groups is 2. The Morgan fingerprint density at radius 1 is 0.571 bits per heavy atom. The quantitative estimate of drug-likeness (QED) is 0.571. The van der Waals surface area contributed by atoms with Crippen LogP contribution in [0.15, 0.2) is 101 Å². The van der Waals surface area contributed by atoms with Gasteiger partial charge in [0.15, 0.2) is 0 Å². The molecule has 5 rings (SSSR count). The highest BCUT2D eigenvalue weighted by molar-refractivity contribution is 8.02. The van der Waals surface area contributed by atoms with Gasteiger partial charge in [0.05, 0.1) is 17.1 Å². The summed E-state index contributed by atoms with van der Waals surface area (Å²) in [5, 5.41) is 1.85. The number of carbonyl (C=O) groups excluding carboxylic acids is 2. The Morgan fingerprint density at radius 3 is 1.79 bits per heavy atom. The number of nitrogens with zero attached hydrogens (tertiary/aromatic N) is 3. The number of amides is 4. The van der Waals surface area contributed by atoms with Gasteiger partial charge in [-0.2, -0.15) is 0 Å². The Hall–Kier alpha value is -3.51. The number of imide groups is 1. The maximum Gasteiger partial charge on any atom is 0.343 e. The van der Waals surface area contributed by atoms with Gasteiger partial charge < -0.3 is 0 Å². The van der Waals surface area contributed by atoms with Crippen molar-refractivity contribution in [2.75, 3.05) is 14.7 Å². The van der Waals surface area contributed by atoms with Gasteiger partial charge in [-0.05, 0) is 36.4 Å². The third-order valence-electron chi connectivity index (χ3n) is 4.65. The summed E-state index contributed by atoms with van der Waals surface area (Å²) in [5.41, 5.74) is 2.01. The molecule has 136 valence electrons. The fourth-order valence-electron chi connectivity index (χ4n) is 3.39. The van der Waals surface area contributed by atoms with E-state index in [4.69, 9.17) is 0 Å². The van der Waals surface area contributed by atoms with Crippen LogP contribution in [0.3, 0.4) is 0 Å². The molecular formula is C22H15N3O2S. The highest BCUT2D eigenvalue weighted by atomic mass is 32.2. The predicted octanol–water partition coefficient (Wildman–Crippen LogP) is 5.66. The van der Waals surface area contributed by atoms with E-state index in [0.29, 0.717) is 17.2 Å². The lowest BCUT2D eigenvalue weighted by molar-refractivity contribution is 0.238. The van der Waals surface area contributed by atoms with E-state index in [9.17, 15) is 9.59 Å². The van der Waals surface area contributed by atoms with Crippen LogP contribution in [-0.2, 0) is 0 Å². The van der Waals surface area contributed by atoms with Crippen LogP contribution < -0.4 is 14.7 Å². The lowest BCUT2D eigenvalue weighted by Gasteiger charge is -2.44. The summed E-state index contributed by atoms with van der Waals surface area (Å²) in [6.07, 6.45) is 0. The Kier molecular flexibility index (Phi) is 3.91. The molecule has 2 aliphatic heterocycles. The lowest BCUT2D eigenvalue weighted by atomic mass is 10.2. The van der Waals surface area contributed by atoms with Crippen molar-refractivity contribution >= 4 is 40.9 Å². The van der Waals surface area contributed by atoms with Gasteiger partial charge >= 0.3 is 12.1 Å². The molecule has 0 unspecified atom stereocenters. The zero-order valence-corrected chi connectivity index (χ0v) is 15.5. The summed E-state index contributed by atoms with van der Waals surface area (Å²) < 4.78 is 0. The van der Waals surface area contributed by atoms with Crippen LogP contribution in [0.25, 0.3) is 0 Å². The van der Waals surface area contributed by atoms with Crippen molar-refractivity contribution in [3.63, 3.8) is 0 Å². The zero-order valence-electron chi connectivity index (χ0n) is 14.7. The van der Waals surface area contributed by atoms with Crippen molar-refractivity contribution in [2.24, 2.45) is 0 Å². The van der Waals surface area contributed by atoms with Gasteiger partial charge in [0.1, 0.15) is 5.82 Å². The number of rotatable bonds is 2. The SMILES string of the molecule is O=C1N(c2ccccc2)C(=O)N2C(=CSc3ccccc32)N1c1ccccc1. The summed E-state index contributed by atoms with van der Waals surface area (Å²) in [6, 6.07) is 25.3. The van der Waals surface area contributed by atoms with Crippen molar-refractivity contribution in [3.05, 3.63) is 96.2 Å². The number of thioether (sulfide) groups is 1. The molecule has 3 aromatic carbocycles. The number of hydrogen-bond acceptors (Lipinski definition) is 3. The molecule has 6 heteroatoms. The second-order valence-corrected chi connectivity index (χ2v) is 7.22. The van der Waals surface area contributed by atoms with E-state index in [0.717, 1.165) is 10.6 Å². The Balaban J connectivity index is 1.71. The third kappa shape index (κ3) is 2.50. The molecule has 0 bridgehead atoms. The van der Waals surface area contributed by atoms with Gasteiger partial charge in [0.2, 0.25) is 0 Å². The Morgan fingerprint density at radius 2 is 1.11 bits per heavy atom. The van der Waals surface area contributed by atoms with E-state index in [1.54, 1.807) is 21.9 Å². The van der Waals surface area contributed by atoms with E-state index >= 15 is 0 Å².